The van der Waals surface area contributed by atoms with Crippen molar-refractivity contribution in [2.24, 2.45) is 0 Å². The van der Waals surface area contributed by atoms with Gasteiger partial charge in [-0.2, -0.15) is 0 Å². The first-order valence-corrected chi connectivity index (χ1v) is 6.38. The van der Waals surface area contributed by atoms with Gasteiger partial charge in [-0.15, -0.1) is 0 Å². The Balaban J connectivity index is 2.30. The fourth-order valence-electron chi connectivity index (χ4n) is 2.26. The van der Waals surface area contributed by atoms with Crippen molar-refractivity contribution in [1.29, 1.82) is 0 Å². The standard InChI is InChI=1S/C14H17NO4/c1-2-19-14(18)13(15-9-3-4-12(15)17)10-5-7-11(16)8-6-10/h5-8,13,16H,2-4,9H2,1H3. The first-order valence-electron chi connectivity index (χ1n) is 6.38. The molecule has 19 heavy (non-hydrogen) atoms. The van der Waals surface area contributed by atoms with Crippen LogP contribution in [0.25, 0.3) is 0 Å². The quantitative estimate of drug-likeness (QED) is 0.838. The van der Waals surface area contributed by atoms with Gasteiger partial charge in [-0.1, -0.05) is 12.1 Å². The second-order valence-electron chi connectivity index (χ2n) is 4.44. The van der Waals surface area contributed by atoms with Crippen LogP contribution in [0.5, 0.6) is 5.75 Å². The highest BCUT2D eigenvalue weighted by Crippen LogP contribution is 2.28. The first-order chi connectivity index (χ1) is 9.13. The zero-order valence-corrected chi connectivity index (χ0v) is 10.8. The lowest BCUT2D eigenvalue weighted by Gasteiger charge is -2.26. The average molecular weight is 263 g/mol. The molecule has 1 aromatic rings. The summed E-state index contributed by atoms with van der Waals surface area (Å²) in [4.78, 5) is 25.5. The van der Waals surface area contributed by atoms with Crippen LogP contribution in [0.15, 0.2) is 24.3 Å². The van der Waals surface area contributed by atoms with E-state index >= 15 is 0 Å². The topological polar surface area (TPSA) is 66.8 Å². The smallest absolute Gasteiger partial charge is 0.333 e. The second kappa shape index (κ2) is 5.73. The lowest BCUT2D eigenvalue weighted by atomic mass is 10.1. The number of carbonyl (C=O) groups is 2. The molecule has 0 radical (unpaired) electrons. The molecule has 0 bridgehead atoms. The predicted octanol–water partition coefficient (Wildman–Crippen LogP) is 1.62. The van der Waals surface area contributed by atoms with Gasteiger partial charge in [0.1, 0.15) is 5.75 Å². The summed E-state index contributed by atoms with van der Waals surface area (Å²) in [6, 6.07) is 5.57. The van der Waals surface area contributed by atoms with Crippen molar-refractivity contribution in [2.45, 2.75) is 25.8 Å². The van der Waals surface area contributed by atoms with Crippen LogP contribution in [-0.2, 0) is 14.3 Å². The van der Waals surface area contributed by atoms with Crippen molar-refractivity contribution >= 4 is 11.9 Å². The van der Waals surface area contributed by atoms with Crippen LogP contribution in [0.1, 0.15) is 31.4 Å². The van der Waals surface area contributed by atoms with E-state index in [-0.39, 0.29) is 18.3 Å². The van der Waals surface area contributed by atoms with Crippen molar-refractivity contribution in [2.75, 3.05) is 13.2 Å². The summed E-state index contributed by atoms with van der Waals surface area (Å²) in [6.07, 6.45) is 1.22. The van der Waals surface area contributed by atoms with Gasteiger partial charge < -0.3 is 14.7 Å². The SMILES string of the molecule is CCOC(=O)C(c1ccc(O)cc1)N1CCCC1=O. The van der Waals surface area contributed by atoms with E-state index in [1.54, 1.807) is 24.0 Å². The van der Waals surface area contributed by atoms with Crippen LogP contribution in [0.3, 0.4) is 0 Å². The maximum Gasteiger partial charge on any atom is 0.333 e. The maximum absolute atomic E-state index is 12.1. The Morgan fingerprint density at radius 1 is 1.42 bits per heavy atom. The molecule has 102 valence electrons. The molecule has 1 aromatic carbocycles. The molecule has 5 heteroatoms. The second-order valence-corrected chi connectivity index (χ2v) is 4.44. The van der Waals surface area contributed by atoms with Gasteiger partial charge in [0, 0.05) is 13.0 Å². The van der Waals surface area contributed by atoms with Gasteiger partial charge in [0.05, 0.1) is 6.61 Å². The van der Waals surface area contributed by atoms with E-state index in [1.807, 2.05) is 0 Å². The first kappa shape index (κ1) is 13.4. The third-order valence-corrected chi connectivity index (χ3v) is 3.14. The van der Waals surface area contributed by atoms with Crippen LogP contribution in [0.4, 0.5) is 0 Å². The third-order valence-electron chi connectivity index (χ3n) is 3.14. The highest BCUT2D eigenvalue weighted by atomic mass is 16.5. The number of benzene rings is 1. The molecular formula is C14H17NO4. The maximum atomic E-state index is 12.1. The Kier molecular flexibility index (Phi) is 4.04. The number of carbonyl (C=O) groups excluding carboxylic acids is 2. The molecule has 1 heterocycles. The minimum absolute atomic E-state index is 0.0360. The van der Waals surface area contributed by atoms with E-state index in [4.69, 9.17) is 4.74 Å². The molecule has 1 unspecified atom stereocenters. The normalized spacial score (nSPS) is 16.5. The molecule has 1 atom stereocenters. The number of likely N-dealkylation sites (tertiary alicyclic amines) is 1. The third kappa shape index (κ3) is 2.86. The van der Waals surface area contributed by atoms with Gasteiger partial charge >= 0.3 is 5.97 Å². The Bertz CT molecular complexity index is 469. The number of amides is 1. The molecular weight excluding hydrogens is 246 g/mol. The molecule has 1 fully saturated rings. The molecule has 1 N–H and O–H groups in total. The molecule has 1 aliphatic heterocycles. The number of aromatic hydroxyl groups is 1. The molecule has 0 aliphatic carbocycles. The number of hydrogen-bond acceptors (Lipinski definition) is 4. The van der Waals surface area contributed by atoms with E-state index in [0.717, 1.165) is 6.42 Å². The predicted molar refractivity (Wildman–Crippen MR) is 68.4 cm³/mol. The molecule has 1 saturated heterocycles. The van der Waals surface area contributed by atoms with Crippen LogP contribution < -0.4 is 0 Å². The molecule has 0 spiro atoms. The lowest BCUT2D eigenvalue weighted by Crippen LogP contribution is -2.36. The van der Waals surface area contributed by atoms with E-state index in [2.05, 4.69) is 0 Å². The summed E-state index contributed by atoms with van der Waals surface area (Å²) in [5.41, 5.74) is 0.659. The Morgan fingerprint density at radius 3 is 2.63 bits per heavy atom. The molecule has 1 aliphatic rings. The summed E-state index contributed by atoms with van der Waals surface area (Å²) in [5.74, 6) is -0.339. The summed E-state index contributed by atoms with van der Waals surface area (Å²) in [6.45, 7) is 2.57. The number of rotatable bonds is 4. The highest BCUT2D eigenvalue weighted by molar-refractivity contribution is 5.86. The van der Waals surface area contributed by atoms with E-state index in [0.29, 0.717) is 18.5 Å². The number of phenols is 1. The van der Waals surface area contributed by atoms with Gasteiger partial charge in [0.15, 0.2) is 6.04 Å². The fraction of sp³-hybridized carbons (Fsp3) is 0.429. The van der Waals surface area contributed by atoms with Gasteiger partial charge in [-0.3, -0.25) is 4.79 Å². The van der Waals surface area contributed by atoms with Crippen LogP contribution in [0.2, 0.25) is 0 Å². The van der Waals surface area contributed by atoms with E-state index in [1.165, 1.54) is 12.1 Å². The van der Waals surface area contributed by atoms with Gasteiger partial charge in [-0.05, 0) is 31.0 Å². The zero-order chi connectivity index (χ0) is 13.8. The number of hydrogen-bond donors (Lipinski definition) is 1. The molecule has 0 aromatic heterocycles. The molecule has 1 amide bonds. The van der Waals surface area contributed by atoms with Crippen molar-refractivity contribution < 1.29 is 19.4 Å². The molecule has 2 rings (SSSR count). The van der Waals surface area contributed by atoms with Crippen LogP contribution in [0, 0.1) is 0 Å². The average Bonchev–Trinajstić information content (AvgIpc) is 2.79. The van der Waals surface area contributed by atoms with Crippen molar-refractivity contribution in [1.82, 2.24) is 4.90 Å². The largest absolute Gasteiger partial charge is 0.508 e. The Labute approximate surface area is 111 Å². The Hall–Kier alpha value is -2.04. The van der Waals surface area contributed by atoms with E-state index < -0.39 is 12.0 Å². The highest BCUT2D eigenvalue weighted by Gasteiger charge is 2.34. The van der Waals surface area contributed by atoms with Gasteiger partial charge in [0.25, 0.3) is 0 Å². The molecule has 0 saturated carbocycles. The van der Waals surface area contributed by atoms with Crippen molar-refractivity contribution in [3.63, 3.8) is 0 Å². The number of phenolic OH excluding ortho intramolecular Hbond substituents is 1. The summed E-state index contributed by atoms with van der Waals surface area (Å²) in [5, 5.41) is 9.30. The van der Waals surface area contributed by atoms with E-state index in [9.17, 15) is 14.7 Å². The van der Waals surface area contributed by atoms with Crippen LogP contribution >= 0.6 is 0 Å². The zero-order valence-electron chi connectivity index (χ0n) is 10.8. The number of esters is 1. The Morgan fingerprint density at radius 2 is 2.11 bits per heavy atom. The molecule has 5 nitrogen and oxygen atoms in total. The summed E-state index contributed by atoms with van der Waals surface area (Å²) in [7, 11) is 0. The lowest BCUT2D eigenvalue weighted by molar-refractivity contribution is -0.153. The van der Waals surface area contributed by atoms with Gasteiger partial charge in [0.2, 0.25) is 5.91 Å². The van der Waals surface area contributed by atoms with Crippen LogP contribution in [-0.4, -0.2) is 35.0 Å². The summed E-state index contributed by atoms with van der Waals surface area (Å²) >= 11 is 0. The van der Waals surface area contributed by atoms with Crippen molar-refractivity contribution in [3.05, 3.63) is 29.8 Å². The number of nitrogens with zero attached hydrogens (tertiary/aromatic N) is 1. The minimum atomic E-state index is -0.712. The minimum Gasteiger partial charge on any atom is -0.508 e. The number of ether oxygens (including phenoxy) is 1. The summed E-state index contributed by atoms with van der Waals surface area (Å²) < 4.78 is 5.05. The fourth-order valence-corrected chi connectivity index (χ4v) is 2.26. The van der Waals surface area contributed by atoms with Crippen molar-refractivity contribution in [3.8, 4) is 5.75 Å². The monoisotopic (exact) mass is 263 g/mol. The van der Waals surface area contributed by atoms with Gasteiger partial charge in [-0.25, -0.2) is 4.79 Å².